The zero-order valence-electron chi connectivity index (χ0n) is 12.4. The van der Waals surface area contributed by atoms with Gasteiger partial charge in [0, 0.05) is 11.6 Å². The number of carboxylic acids is 1. The van der Waals surface area contributed by atoms with Gasteiger partial charge < -0.3 is 9.90 Å². The number of rotatable bonds is 3. The number of halogens is 2. The van der Waals surface area contributed by atoms with Crippen LogP contribution in [-0.4, -0.2) is 16.2 Å². The van der Waals surface area contributed by atoms with E-state index in [1.807, 2.05) is 0 Å². The fourth-order valence-electron chi connectivity index (χ4n) is 2.20. The van der Waals surface area contributed by atoms with Gasteiger partial charge in [-0.25, -0.2) is 8.78 Å². The van der Waals surface area contributed by atoms with Crippen molar-refractivity contribution in [1.29, 1.82) is 0 Å². The third kappa shape index (κ3) is 3.45. The lowest BCUT2D eigenvalue weighted by atomic mass is 10.1. The van der Waals surface area contributed by atoms with Gasteiger partial charge in [-0.05, 0) is 35.9 Å². The molecule has 0 spiro atoms. The smallest absolute Gasteiger partial charge is 0.270 e. The lowest BCUT2D eigenvalue weighted by molar-refractivity contribution is -0.255. The quantitative estimate of drug-likeness (QED) is 0.609. The maximum Gasteiger partial charge on any atom is 0.270 e. The van der Waals surface area contributed by atoms with E-state index in [9.17, 15) is 23.5 Å². The first-order valence-corrected chi connectivity index (χ1v) is 8.14. The van der Waals surface area contributed by atoms with E-state index in [2.05, 4.69) is 0 Å². The van der Waals surface area contributed by atoms with E-state index in [4.69, 9.17) is 12.2 Å². The normalized spacial score (nSPS) is 15.9. The first-order valence-electron chi connectivity index (χ1n) is 6.91. The van der Waals surface area contributed by atoms with Crippen LogP contribution >= 0.6 is 24.0 Å². The predicted molar refractivity (Wildman–Crippen MR) is 92.8 cm³/mol. The number of hydrogen-bond acceptors (Lipinski definition) is 5. The van der Waals surface area contributed by atoms with Crippen LogP contribution in [0.5, 0.6) is 0 Å². The van der Waals surface area contributed by atoms with Crippen molar-refractivity contribution in [3.63, 3.8) is 0 Å². The van der Waals surface area contributed by atoms with Crippen LogP contribution in [0.3, 0.4) is 0 Å². The molecule has 0 aromatic heterocycles. The maximum atomic E-state index is 13.8. The molecule has 1 saturated heterocycles. The molecule has 0 atom stereocenters. The second-order valence-electron chi connectivity index (χ2n) is 5.02. The minimum Gasteiger partial charge on any atom is -0.545 e. The van der Waals surface area contributed by atoms with Crippen molar-refractivity contribution in [1.82, 2.24) is 0 Å². The fraction of sp³-hybridized carbons (Fsp3) is 0. The Morgan fingerprint density at radius 2 is 1.84 bits per heavy atom. The molecule has 126 valence electrons. The Balaban J connectivity index is 1.92. The highest BCUT2D eigenvalue weighted by molar-refractivity contribution is 8.27. The number of benzene rings is 2. The fourth-order valence-corrected chi connectivity index (χ4v) is 3.49. The van der Waals surface area contributed by atoms with Crippen LogP contribution in [0.2, 0.25) is 0 Å². The van der Waals surface area contributed by atoms with Gasteiger partial charge in [0.1, 0.15) is 11.6 Å². The van der Waals surface area contributed by atoms with Crippen LogP contribution in [0.1, 0.15) is 15.9 Å². The van der Waals surface area contributed by atoms with Crippen molar-refractivity contribution in [2.24, 2.45) is 0 Å². The molecule has 0 unspecified atom stereocenters. The van der Waals surface area contributed by atoms with E-state index in [-0.39, 0.29) is 20.4 Å². The Morgan fingerprint density at radius 1 is 1.16 bits per heavy atom. The van der Waals surface area contributed by atoms with Crippen molar-refractivity contribution < 1.29 is 23.5 Å². The van der Waals surface area contributed by atoms with Crippen molar-refractivity contribution in [2.75, 3.05) is 4.90 Å². The summed E-state index contributed by atoms with van der Waals surface area (Å²) in [5.41, 5.74) is 0.419. The Labute approximate surface area is 150 Å². The molecule has 1 aliphatic rings. The van der Waals surface area contributed by atoms with Gasteiger partial charge in [-0.15, -0.1) is 0 Å². The molecule has 1 heterocycles. The summed E-state index contributed by atoms with van der Waals surface area (Å²) in [6, 6.07) is 8.50. The Kier molecular flexibility index (Phi) is 4.65. The molecule has 0 aliphatic carbocycles. The molecule has 0 saturated carbocycles. The number of carbonyl (C=O) groups excluding carboxylic acids is 2. The number of thioether (sulfide) groups is 1. The molecule has 1 aliphatic heterocycles. The molecule has 1 amide bonds. The number of carbonyl (C=O) groups is 2. The van der Waals surface area contributed by atoms with E-state index in [1.165, 1.54) is 41.3 Å². The van der Waals surface area contributed by atoms with Gasteiger partial charge in [0.2, 0.25) is 0 Å². The molecular weight excluding hydrogens is 368 g/mol. The molecule has 3 rings (SSSR count). The van der Waals surface area contributed by atoms with E-state index in [0.29, 0.717) is 5.69 Å². The summed E-state index contributed by atoms with van der Waals surface area (Å²) in [6.07, 6.45) is 1.30. The van der Waals surface area contributed by atoms with E-state index in [1.54, 1.807) is 0 Å². The Bertz CT molecular complexity index is 926. The number of nitrogens with zero attached hydrogens (tertiary/aromatic N) is 1. The number of thiocarbonyl (C=S) groups is 1. The third-order valence-electron chi connectivity index (χ3n) is 3.40. The van der Waals surface area contributed by atoms with Gasteiger partial charge in [-0.2, -0.15) is 0 Å². The number of aromatic carboxylic acids is 1. The minimum absolute atomic E-state index is 0.0295. The first kappa shape index (κ1) is 17.2. The van der Waals surface area contributed by atoms with E-state index >= 15 is 0 Å². The largest absolute Gasteiger partial charge is 0.545 e. The molecule has 0 N–H and O–H groups in total. The number of hydrogen-bond donors (Lipinski definition) is 0. The summed E-state index contributed by atoms with van der Waals surface area (Å²) in [7, 11) is 0. The summed E-state index contributed by atoms with van der Waals surface area (Å²) >= 11 is 6.15. The highest BCUT2D eigenvalue weighted by Crippen LogP contribution is 2.36. The van der Waals surface area contributed by atoms with Crippen LogP contribution in [0, 0.1) is 11.6 Å². The standard InChI is InChI=1S/C17H9F2NO3S2/c18-11-4-1-10(13(19)8-11)7-14-15(21)20(17(24)25-14)12-5-2-9(3-6-12)16(22)23/h1-8H,(H,22,23)/p-1/b14-7+. The Hall–Kier alpha value is -2.58. The van der Waals surface area contributed by atoms with Gasteiger partial charge >= 0.3 is 0 Å². The molecular formula is C17H8F2NO3S2-. The van der Waals surface area contributed by atoms with Crippen molar-refractivity contribution >= 4 is 51.9 Å². The highest BCUT2D eigenvalue weighted by atomic mass is 32.2. The van der Waals surface area contributed by atoms with Crippen LogP contribution in [0.25, 0.3) is 6.08 Å². The molecule has 25 heavy (non-hydrogen) atoms. The van der Waals surface area contributed by atoms with Gasteiger partial charge in [-0.3, -0.25) is 9.69 Å². The van der Waals surface area contributed by atoms with E-state index in [0.717, 1.165) is 23.9 Å². The summed E-state index contributed by atoms with van der Waals surface area (Å²) in [4.78, 5) is 24.7. The summed E-state index contributed by atoms with van der Waals surface area (Å²) in [6.45, 7) is 0. The topological polar surface area (TPSA) is 60.4 Å². The SMILES string of the molecule is O=C([O-])c1ccc(N2C(=O)/C(=C\c3ccc(F)cc3F)SC2=S)cc1. The van der Waals surface area contributed by atoms with Crippen LogP contribution in [0.15, 0.2) is 47.4 Å². The number of amides is 1. The first-order chi connectivity index (χ1) is 11.9. The third-order valence-corrected chi connectivity index (χ3v) is 4.71. The van der Waals surface area contributed by atoms with Crippen molar-refractivity contribution in [3.05, 3.63) is 70.1 Å². The van der Waals surface area contributed by atoms with Gasteiger partial charge in [-0.1, -0.05) is 36.1 Å². The van der Waals surface area contributed by atoms with Crippen LogP contribution in [0.4, 0.5) is 14.5 Å². The molecule has 8 heteroatoms. The lowest BCUT2D eigenvalue weighted by Crippen LogP contribution is -2.28. The molecule has 4 nitrogen and oxygen atoms in total. The summed E-state index contributed by atoms with van der Waals surface area (Å²) in [5, 5.41) is 10.8. The second kappa shape index (κ2) is 6.73. The zero-order chi connectivity index (χ0) is 18.1. The average Bonchev–Trinajstić information content (AvgIpc) is 2.84. The average molecular weight is 376 g/mol. The lowest BCUT2D eigenvalue weighted by Gasteiger charge is -2.15. The van der Waals surface area contributed by atoms with Crippen LogP contribution < -0.4 is 10.0 Å². The second-order valence-corrected chi connectivity index (χ2v) is 6.69. The highest BCUT2D eigenvalue weighted by Gasteiger charge is 2.33. The number of carboxylic acid groups (broad SMARTS) is 1. The predicted octanol–water partition coefficient (Wildman–Crippen LogP) is 2.73. The monoisotopic (exact) mass is 376 g/mol. The van der Waals surface area contributed by atoms with Gasteiger partial charge in [0.15, 0.2) is 4.32 Å². The van der Waals surface area contributed by atoms with Crippen LogP contribution in [-0.2, 0) is 4.79 Å². The van der Waals surface area contributed by atoms with Gasteiger partial charge in [0.25, 0.3) is 5.91 Å². The Morgan fingerprint density at radius 3 is 2.44 bits per heavy atom. The molecule has 2 aromatic carbocycles. The molecule has 0 bridgehead atoms. The number of anilines is 1. The van der Waals surface area contributed by atoms with E-state index < -0.39 is 23.5 Å². The summed E-state index contributed by atoms with van der Waals surface area (Å²) < 4.78 is 26.9. The molecule has 2 aromatic rings. The van der Waals surface area contributed by atoms with Crippen molar-refractivity contribution in [2.45, 2.75) is 0 Å². The molecule has 0 radical (unpaired) electrons. The maximum absolute atomic E-state index is 13.8. The van der Waals surface area contributed by atoms with Crippen molar-refractivity contribution in [3.8, 4) is 0 Å². The minimum atomic E-state index is -1.33. The zero-order valence-corrected chi connectivity index (χ0v) is 14.0. The van der Waals surface area contributed by atoms with Gasteiger partial charge in [0.05, 0.1) is 16.6 Å². The summed E-state index contributed by atoms with van der Waals surface area (Å²) in [5.74, 6) is -3.30. The molecule has 1 fully saturated rings.